The van der Waals surface area contributed by atoms with Crippen molar-refractivity contribution in [1.29, 1.82) is 0 Å². The first-order valence-electron chi connectivity index (χ1n) is 11.7. The third kappa shape index (κ3) is 8.64. The fraction of sp³-hybridized carbons (Fsp3) is 0.917. The smallest absolute Gasteiger partial charge is 0.282 e. The number of carbonyl (C=O) groups excluding carboxylic acids is 2. The molecule has 0 bridgehead atoms. The second-order valence-corrected chi connectivity index (χ2v) is 9.51. The minimum absolute atomic E-state index is 0.00477. The Morgan fingerprint density at radius 2 is 1.20 bits per heavy atom. The van der Waals surface area contributed by atoms with E-state index in [2.05, 4.69) is 0 Å². The predicted octanol–water partition coefficient (Wildman–Crippen LogP) is 5.43. The molecule has 1 fully saturated rings. The van der Waals surface area contributed by atoms with Gasteiger partial charge in [0.25, 0.3) is 5.97 Å². The summed E-state index contributed by atoms with van der Waals surface area (Å²) in [6.45, 7) is 5.78. The van der Waals surface area contributed by atoms with Crippen molar-refractivity contribution in [3.63, 3.8) is 0 Å². The molecule has 1 aliphatic heterocycles. The van der Waals surface area contributed by atoms with Crippen LogP contribution in [-0.2, 0) is 23.8 Å². The van der Waals surface area contributed by atoms with E-state index >= 15 is 0 Å². The van der Waals surface area contributed by atoms with Crippen molar-refractivity contribution in [2.24, 2.45) is 5.92 Å². The number of nitrogens with zero attached hydrogens (tertiary/aromatic N) is 1. The quantitative estimate of drug-likeness (QED) is 0.187. The molecule has 1 rings (SSSR count). The summed E-state index contributed by atoms with van der Waals surface area (Å²) in [6.07, 6.45) is 13.9. The van der Waals surface area contributed by atoms with Crippen LogP contribution in [0.25, 0.3) is 0 Å². The zero-order valence-corrected chi connectivity index (χ0v) is 20.3. The largest absolute Gasteiger partial charge is 0.331 e. The molecule has 0 aliphatic carbocycles. The van der Waals surface area contributed by atoms with Crippen LogP contribution in [0.2, 0.25) is 0 Å². The van der Waals surface area contributed by atoms with Crippen LogP contribution in [0.5, 0.6) is 0 Å². The van der Waals surface area contributed by atoms with Gasteiger partial charge in [0.1, 0.15) is 0 Å². The molecule has 0 N–H and O–H groups in total. The van der Waals surface area contributed by atoms with Gasteiger partial charge in [0.15, 0.2) is 0 Å². The summed E-state index contributed by atoms with van der Waals surface area (Å²) in [5.74, 6) is -0.951. The number of hydrogen-bond acceptors (Lipinski definition) is 5. The lowest BCUT2D eigenvalue weighted by Gasteiger charge is -2.30. The van der Waals surface area contributed by atoms with E-state index in [1.807, 2.05) is 20.8 Å². The average molecular weight is 428 g/mol. The normalized spacial score (nSPS) is 17.9. The Morgan fingerprint density at radius 1 is 0.767 bits per heavy atom. The highest BCUT2D eigenvalue weighted by Gasteiger charge is 2.43. The Morgan fingerprint density at radius 3 is 1.60 bits per heavy atom. The lowest BCUT2D eigenvalue weighted by molar-refractivity contribution is -0.355. The average Bonchev–Trinajstić information content (AvgIpc) is 2.99. The zero-order chi connectivity index (χ0) is 22.6. The van der Waals surface area contributed by atoms with E-state index in [0.717, 1.165) is 38.5 Å². The molecule has 176 valence electrons. The molecule has 6 nitrogen and oxygen atoms in total. The van der Waals surface area contributed by atoms with Crippen molar-refractivity contribution < 1.29 is 23.8 Å². The number of carbonyl (C=O) groups is 2. The van der Waals surface area contributed by atoms with Crippen LogP contribution < -0.4 is 0 Å². The number of ether oxygens (including phenoxy) is 3. The van der Waals surface area contributed by atoms with Gasteiger partial charge in [-0.05, 0) is 33.6 Å². The molecule has 6 heteroatoms. The van der Waals surface area contributed by atoms with Gasteiger partial charge in [-0.25, -0.2) is 0 Å². The Balaban J connectivity index is 2.00. The van der Waals surface area contributed by atoms with Crippen LogP contribution in [0.15, 0.2) is 0 Å². The summed E-state index contributed by atoms with van der Waals surface area (Å²) >= 11 is 0. The van der Waals surface area contributed by atoms with Crippen LogP contribution in [-0.4, -0.2) is 49.6 Å². The van der Waals surface area contributed by atoms with Gasteiger partial charge in [0.05, 0.1) is 0 Å². The van der Waals surface area contributed by atoms with Gasteiger partial charge >= 0.3 is 0 Å². The first-order valence-corrected chi connectivity index (χ1v) is 11.7. The molecule has 1 saturated heterocycles. The molecule has 1 unspecified atom stereocenters. The fourth-order valence-electron chi connectivity index (χ4n) is 4.33. The highest BCUT2D eigenvalue weighted by Crippen LogP contribution is 2.30. The summed E-state index contributed by atoms with van der Waals surface area (Å²) in [6, 6.07) is 0. The first kappa shape index (κ1) is 27.1. The fourth-order valence-corrected chi connectivity index (χ4v) is 4.33. The van der Waals surface area contributed by atoms with E-state index in [0.29, 0.717) is 6.42 Å². The van der Waals surface area contributed by atoms with Crippen LogP contribution in [0.4, 0.5) is 0 Å². The monoisotopic (exact) mass is 427 g/mol. The summed E-state index contributed by atoms with van der Waals surface area (Å²) in [4.78, 5) is 26.1. The van der Waals surface area contributed by atoms with Gasteiger partial charge in [-0.2, -0.15) is 0 Å². The summed E-state index contributed by atoms with van der Waals surface area (Å²) in [5, 5.41) is 0. The summed E-state index contributed by atoms with van der Waals surface area (Å²) < 4.78 is 15.9. The van der Waals surface area contributed by atoms with Gasteiger partial charge in [0.2, 0.25) is 11.8 Å². The number of likely N-dealkylation sites (tertiary alicyclic amines) is 1. The van der Waals surface area contributed by atoms with Crippen molar-refractivity contribution in [3.8, 4) is 0 Å². The van der Waals surface area contributed by atoms with Crippen molar-refractivity contribution in [1.82, 2.24) is 4.90 Å². The maximum absolute atomic E-state index is 12.5. The topological polar surface area (TPSA) is 65.1 Å². The molecule has 0 aromatic rings. The molecule has 2 amide bonds. The first-order chi connectivity index (χ1) is 14.2. The van der Waals surface area contributed by atoms with Gasteiger partial charge in [-0.15, -0.1) is 0 Å². The third-order valence-electron chi connectivity index (χ3n) is 6.13. The minimum Gasteiger partial charge on any atom is -0.331 e. The Kier molecular flexibility index (Phi) is 12.1. The van der Waals surface area contributed by atoms with E-state index in [1.54, 1.807) is 21.3 Å². The van der Waals surface area contributed by atoms with Crippen LogP contribution >= 0.6 is 0 Å². The van der Waals surface area contributed by atoms with Gasteiger partial charge in [0, 0.05) is 45.6 Å². The molecule has 0 saturated carbocycles. The zero-order valence-electron chi connectivity index (χ0n) is 20.3. The lowest BCUT2D eigenvalue weighted by atomic mass is 9.98. The minimum atomic E-state index is -0.887. The van der Waals surface area contributed by atoms with Gasteiger partial charge < -0.3 is 14.2 Å². The van der Waals surface area contributed by atoms with E-state index < -0.39 is 11.5 Å². The Bertz CT molecular complexity index is 502. The molecule has 1 atom stereocenters. The number of methoxy groups -OCH3 is 3. The Labute approximate surface area is 184 Å². The highest BCUT2D eigenvalue weighted by molar-refractivity contribution is 6.04. The Hall–Kier alpha value is -0.980. The van der Waals surface area contributed by atoms with Crippen molar-refractivity contribution in [2.75, 3.05) is 21.3 Å². The molecule has 30 heavy (non-hydrogen) atoms. The second-order valence-electron chi connectivity index (χ2n) is 9.51. The number of hydrogen-bond donors (Lipinski definition) is 0. The van der Waals surface area contributed by atoms with Crippen molar-refractivity contribution in [2.45, 2.75) is 116 Å². The van der Waals surface area contributed by atoms with Crippen LogP contribution in [0.1, 0.15) is 104 Å². The standard InChI is InChI=1S/C24H45NO5/c1-23(2,3)25-21(26)19-20(22(25)27)17-15-13-11-9-7-8-10-12-14-16-18-24(28-4,29-5)30-6/h20H,7-19H2,1-6H3. The third-order valence-corrected chi connectivity index (χ3v) is 6.13. The van der Waals surface area contributed by atoms with E-state index in [9.17, 15) is 9.59 Å². The SMILES string of the molecule is COC(CCCCCCCCCCCCC1CC(=O)N(C(C)(C)C)C1=O)(OC)OC. The van der Waals surface area contributed by atoms with Crippen LogP contribution in [0, 0.1) is 5.92 Å². The van der Waals surface area contributed by atoms with Crippen molar-refractivity contribution >= 4 is 11.8 Å². The van der Waals surface area contributed by atoms with Crippen LogP contribution in [0.3, 0.4) is 0 Å². The number of imide groups is 1. The lowest BCUT2D eigenvalue weighted by Crippen LogP contribution is -2.45. The van der Waals surface area contributed by atoms with E-state index in [4.69, 9.17) is 14.2 Å². The maximum atomic E-state index is 12.5. The summed E-state index contributed by atoms with van der Waals surface area (Å²) in [7, 11) is 4.83. The molecular formula is C24H45NO5. The molecule has 0 radical (unpaired) electrons. The number of amides is 2. The molecular weight excluding hydrogens is 382 g/mol. The van der Waals surface area contributed by atoms with Gasteiger partial charge in [-0.3, -0.25) is 14.5 Å². The van der Waals surface area contributed by atoms with Crippen molar-refractivity contribution in [3.05, 3.63) is 0 Å². The van der Waals surface area contributed by atoms with Gasteiger partial charge in [-0.1, -0.05) is 57.8 Å². The number of rotatable bonds is 16. The molecule has 1 heterocycles. The molecule has 0 spiro atoms. The second kappa shape index (κ2) is 13.4. The predicted molar refractivity (Wildman–Crippen MR) is 119 cm³/mol. The molecule has 0 aromatic heterocycles. The highest BCUT2D eigenvalue weighted by atomic mass is 16.9. The molecule has 1 aliphatic rings. The van der Waals surface area contributed by atoms with E-state index in [1.165, 1.54) is 43.4 Å². The number of unbranched alkanes of at least 4 members (excludes halogenated alkanes) is 9. The summed E-state index contributed by atoms with van der Waals surface area (Å²) in [5.41, 5.74) is -0.399. The van der Waals surface area contributed by atoms with E-state index in [-0.39, 0.29) is 17.7 Å². The molecule has 0 aromatic carbocycles. The maximum Gasteiger partial charge on any atom is 0.282 e.